The molecular formula is C27H52N6O8. The smallest absolute Gasteiger partial charge is 0.317 e. The summed E-state index contributed by atoms with van der Waals surface area (Å²) in [6.07, 6.45) is 3.43. The molecule has 1 fully saturated rings. The average molecular weight is 589 g/mol. The molecule has 1 saturated heterocycles. The Morgan fingerprint density at radius 1 is 0.707 bits per heavy atom. The highest BCUT2D eigenvalue weighted by molar-refractivity contribution is 5.80. The Kier molecular flexibility index (Phi) is 22.2. The van der Waals surface area contributed by atoms with Gasteiger partial charge in [0.2, 0.25) is 11.8 Å². The van der Waals surface area contributed by atoms with Crippen molar-refractivity contribution in [3.05, 3.63) is 0 Å². The Bertz CT molecular complexity index is 770. The Balaban J connectivity index is 0.00000509. The van der Waals surface area contributed by atoms with Crippen molar-refractivity contribution in [2.45, 2.75) is 46.5 Å². The van der Waals surface area contributed by atoms with Crippen LogP contribution in [0.3, 0.4) is 0 Å². The molecule has 0 radical (unpaired) electrons. The van der Waals surface area contributed by atoms with Crippen LogP contribution in [0.2, 0.25) is 0 Å². The lowest BCUT2D eigenvalue weighted by molar-refractivity contribution is -0.140. The van der Waals surface area contributed by atoms with Crippen LogP contribution in [0, 0.1) is 5.92 Å². The van der Waals surface area contributed by atoms with Gasteiger partial charge >= 0.3 is 11.9 Å². The molecule has 1 aliphatic rings. The summed E-state index contributed by atoms with van der Waals surface area (Å²) in [6, 6.07) is 0. The molecule has 1 aliphatic heterocycles. The van der Waals surface area contributed by atoms with Crippen LogP contribution in [0.25, 0.3) is 0 Å². The zero-order chi connectivity index (χ0) is 31.0. The van der Waals surface area contributed by atoms with Crippen molar-refractivity contribution in [3.63, 3.8) is 0 Å². The van der Waals surface area contributed by atoms with E-state index in [1.165, 1.54) is 0 Å². The van der Waals surface area contributed by atoms with Gasteiger partial charge in [-0.25, -0.2) is 0 Å². The maximum Gasteiger partial charge on any atom is 0.317 e. The molecule has 2 amide bonds. The molecule has 0 unspecified atom stereocenters. The van der Waals surface area contributed by atoms with Crippen molar-refractivity contribution in [1.82, 2.24) is 30.2 Å². The highest BCUT2D eigenvalue weighted by Crippen LogP contribution is 2.05. The normalized spacial score (nSPS) is 16.5. The molecule has 5 N–H and O–H groups in total. The molecule has 0 spiro atoms. The van der Waals surface area contributed by atoms with Gasteiger partial charge in [0, 0.05) is 71.9 Å². The van der Waals surface area contributed by atoms with Crippen LogP contribution in [0.15, 0.2) is 0 Å². The Morgan fingerprint density at radius 3 is 1.54 bits per heavy atom. The second-order valence-corrected chi connectivity index (χ2v) is 10.5. The number of rotatable bonds is 15. The molecule has 0 aliphatic carbocycles. The quantitative estimate of drug-likeness (QED) is 0.123. The fourth-order valence-electron chi connectivity index (χ4n) is 4.32. The summed E-state index contributed by atoms with van der Waals surface area (Å²) < 4.78 is 0. The first-order valence-corrected chi connectivity index (χ1v) is 14.4. The zero-order valence-electron chi connectivity index (χ0n) is 25.1. The summed E-state index contributed by atoms with van der Waals surface area (Å²) in [5.41, 5.74) is 0. The van der Waals surface area contributed by atoms with Gasteiger partial charge in [-0.3, -0.25) is 38.7 Å². The zero-order valence-corrected chi connectivity index (χ0v) is 25.1. The highest BCUT2D eigenvalue weighted by atomic mass is 16.4. The van der Waals surface area contributed by atoms with Crippen LogP contribution in [0.5, 0.6) is 0 Å². The number of carboxylic acids is 2. The summed E-state index contributed by atoms with van der Waals surface area (Å²) in [7, 11) is 0. The number of amides is 2. The molecule has 1 heterocycles. The number of carbonyl (C=O) groups excluding carboxylic acids is 2. The number of unbranched alkanes of at least 4 members (excludes halogenated alkanes) is 1. The standard InChI is InChI=1S/C26H50N6O6.CH2O2/c1-4-29-11-13-30(19-24(34)28-10-8-23(33)27-9-6-5-7-22(2)3)15-16-32(21-26(37)38)18-17-31(14-12-29)20-25(35)36;2-1-3/h22H,4-21H2,1-3H3,(H,27,33)(H,28,34)(H,35,36)(H,37,38);1H,(H,2,3). The summed E-state index contributed by atoms with van der Waals surface area (Å²) in [5, 5.41) is 31.2. The van der Waals surface area contributed by atoms with Gasteiger partial charge in [0.1, 0.15) is 0 Å². The lowest BCUT2D eigenvalue weighted by Gasteiger charge is -2.33. The van der Waals surface area contributed by atoms with Crippen molar-refractivity contribution < 1.29 is 39.3 Å². The summed E-state index contributed by atoms with van der Waals surface area (Å²) in [5.74, 6) is -1.41. The van der Waals surface area contributed by atoms with Crippen LogP contribution in [-0.2, 0) is 24.0 Å². The van der Waals surface area contributed by atoms with Crippen molar-refractivity contribution in [2.24, 2.45) is 5.92 Å². The van der Waals surface area contributed by atoms with Crippen molar-refractivity contribution in [1.29, 1.82) is 0 Å². The number of carbonyl (C=O) groups is 5. The van der Waals surface area contributed by atoms with Crippen molar-refractivity contribution in [3.8, 4) is 0 Å². The Morgan fingerprint density at radius 2 is 1.12 bits per heavy atom. The maximum absolute atomic E-state index is 12.6. The van der Waals surface area contributed by atoms with E-state index >= 15 is 0 Å². The second kappa shape index (κ2) is 23.9. The average Bonchev–Trinajstić information content (AvgIpc) is 2.88. The van der Waals surface area contributed by atoms with Crippen molar-refractivity contribution in [2.75, 3.05) is 91.6 Å². The largest absolute Gasteiger partial charge is 0.483 e. The van der Waals surface area contributed by atoms with Gasteiger partial charge in [-0.05, 0) is 18.9 Å². The molecule has 41 heavy (non-hydrogen) atoms. The van der Waals surface area contributed by atoms with Crippen LogP contribution in [0.4, 0.5) is 0 Å². The minimum absolute atomic E-state index is 0.0685. The van der Waals surface area contributed by atoms with Gasteiger partial charge in [0.05, 0.1) is 19.6 Å². The number of hydrogen-bond acceptors (Lipinski definition) is 9. The van der Waals surface area contributed by atoms with Gasteiger partial charge in [-0.2, -0.15) is 0 Å². The first-order chi connectivity index (χ1) is 19.5. The topological polar surface area (TPSA) is 183 Å². The number of carboxylic acid groups (broad SMARTS) is 3. The third kappa shape index (κ3) is 22.6. The monoisotopic (exact) mass is 588 g/mol. The van der Waals surface area contributed by atoms with Crippen molar-refractivity contribution >= 4 is 30.2 Å². The second-order valence-electron chi connectivity index (χ2n) is 10.5. The summed E-state index contributed by atoms with van der Waals surface area (Å²) in [4.78, 5) is 63.5. The molecule has 0 bridgehead atoms. The predicted molar refractivity (Wildman–Crippen MR) is 155 cm³/mol. The number of nitrogens with zero attached hydrogens (tertiary/aromatic N) is 4. The van der Waals surface area contributed by atoms with E-state index in [1.807, 2.05) is 9.80 Å². The number of aliphatic carboxylic acids is 2. The number of nitrogens with one attached hydrogen (secondary N) is 2. The number of hydrogen-bond donors (Lipinski definition) is 5. The molecule has 14 nitrogen and oxygen atoms in total. The van der Waals surface area contributed by atoms with E-state index < -0.39 is 11.9 Å². The Labute approximate surface area is 244 Å². The van der Waals surface area contributed by atoms with E-state index in [-0.39, 0.29) is 50.9 Å². The first-order valence-electron chi connectivity index (χ1n) is 14.4. The highest BCUT2D eigenvalue weighted by Gasteiger charge is 2.19. The van der Waals surface area contributed by atoms with Crippen LogP contribution < -0.4 is 10.6 Å². The SMILES string of the molecule is CCN1CCN(CC(=O)O)CCN(CC(=O)O)CCN(CC(=O)NCCC(=O)NCCCCC(C)C)CC1.O=CO. The third-order valence-electron chi connectivity index (χ3n) is 6.67. The lowest BCUT2D eigenvalue weighted by Crippen LogP contribution is -2.49. The minimum Gasteiger partial charge on any atom is -0.483 e. The van der Waals surface area contributed by atoms with Crippen LogP contribution >= 0.6 is 0 Å². The van der Waals surface area contributed by atoms with Gasteiger partial charge < -0.3 is 30.9 Å². The number of likely N-dealkylation sites (N-methyl/N-ethyl adjacent to an activating group) is 1. The van der Waals surface area contributed by atoms with E-state index in [2.05, 4.69) is 36.3 Å². The molecule has 0 atom stereocenters. The van der Waals surface area contributed by atoms with E-state index in [1.54, 1.807) is 4.90 Å². The predicted octanol–water partition coefficient (Wildman–Crippen LogP) is -0.453. The fourth-order valence-corrected chi connectivity index (χ4v) is 4.32. The van der Waals surface area contributed by atoms with Crippen LogP contribution in [0.1, 0.15) is 46.5 Å². The summed E-state index contributed by atoms with van der Waals surface area (Å²) in [6.45, 7) is 12.3. The molecule has 238 valence electrons. The molecule has 0 saturated carbocycles. The first kappa shape index (κ1) is 38.2. The fraction of sp³-hybridized carbons (Fsp3) is 0.815. The molecule has 0 aromatic rings. The third-order valence-corrected chi connectivity index (χ3v) is 6.67. The minimum atomic E-state index is -0.943. The lowest BCUT2D eigenvalue weighted by atomic mass is 10.1. The summed E-state index contributed by atoms with van der Waals surface area (Å²) >= 11 is 0. The molecular weight excluding hydrogens is 536 g/mol. The van der Waals surface area contributed by atoms with Gasteiger partial charge in [0.15, 0.2) is 0 Å². The van der Waals surface area contributed by atoms with E-state index in [4.69, 9.17) is 9.90 Å². The van der Waals surface area contributed by atoms with E-state index in [9.17, 15) is 29.4 Å². The van der Waals surface area contributed by atoms with Gasteiger partial charge in [-0.15, -0.1) is 0 Å². The van der Waals surface area contributed by atoms with Gasteiger partial charge in [-0.1, -0.05) is 33.6 Å². The molecule has 14 heteroatoms. The van der Waals surface area contributed by atoms with Gasteiger partial charge in [0.25, 0.3) is 6.47 Å². The Hall–Kier alpha value is -2.81. The van der Waals surface area contributed by atoms with Crippen LogP contribution in [-0.4, -0.2) is 157 Å². The van der Waals surface area contributed by atoms with E-state index in [0.29, 0.717) is 64.8 Å². The van der Waals surface area contributed by atoms with E-state index in [0.717, 1.165) is 25.8 Å². The molecule has 0 aromatic carbocycles. The molecule has 1 rings (SSSR count). The molecule has 0 aromatic heterocycles. The maximum atomic E-state index is 12.6.